The highest BCUT2D eigenvalue weighted by Gasteiger charge is 2.36. The Kier molecular flexibility index (Phi) is 4.43. The molecule has 1 heterocycles. The summed E-state index contributed by atoms with van der Waals surface area (Å²) in [4.78, 5) is 15.8. The van der Waals surface area contributed by atoms with Crippen LogP contribution in [0.2, 0.25) is 0 Å². The molecule has 0 aliphatic carbocycles. The van der Waals surface area contributed by atoms with Crippen LogP contribution in [0.4, 0.5) is 14.5 Å². The van der Waals surface area contributed by atoms with Gasteiger partial charge >= 0.3 is 0 Å². The number of likely N-dealkylation sites (N-methyl/N-ethyl adjacent to an activating group) is 1. The molecule has 21 heavy (non-hydrogen) atoms. The third-order valence-corrected chi connectivity index (χ3v) is 3.55. The van der Waals surface area contributed by atoms with E-state index in [0.29, 0.717) is 19.0 Å². The summed E-state index contributed by atoms with van der Waals surface area (Å²) in [6.07, 6.45) is -0.206. The van der Waals surface area contributed by atoms with E-state index < -0.39 is 23.6 Å². The Labute approximate surface area is 121 Å². The maximum Gasteiger partial charge on any atom is 0.257 e. The van der Waals surface area contributed by atoms with Gasteiger partial charge in [-0.15, -0.1) is 0 Å². The molecule has 1 amide bonds. The lowest BCUT2D eigenvalue weighted by molar-refractivity contribution is 0.0694. The number of nitrogens with two attached hydrogens (primary N) is 1. The van der Waals surface area contributed by atoms with E-state index in [2.05, 4.69) is 0 Å². The Balaban J connectivity index is 2.28. The number of benzene rings is 1. The second kappa shape index (κ2) is 5.95. The first-order valence-corrected chi connectivity index (χ1v) is 6.68. The number of β-amino-alcohol motifs (C(OH)–C–C–N with tert-alkyl or cyclic N) is 1. The van der Waals surface area contributed by atoms with Crippen LogP contribution in [0.15, 0.2) is 12.1 Å². The monoisotopic (exact) mass is 299 g/mol. The minimum atomic E-state index is -0.948. The number of hydrogen-bond acceptors (Lipinski definition) is 4. The zero-order valence-electron chi connectivity index (χ0n) is 12.0. The van der Waals surface area contributed by atoms with E-state index in [1.807, 2.05) is 19.0 Å². The maximum atomic E-state index is 13.8. The molecule has 1 aliphatic heterocycles. The molecule has 2 rings (SSSR count). The smallest absolute Gasteiger partial charge is 0.257 e. The van der Waals surface area contributed by atoms with Crippen LogP contribution in [0.5, 0.6) is 0 Å². The molecule has 116 valence electrons. The third-order valence-electron chi connectivity index (χ3n) is 3.55. The van der Waals surface area contributed by atoms with Gasteiger partial charge in [-0.3, -0.25) is 4.79 Å². The molecule has 1 aromatic rings. The second-order valence-electron chi connectivity index (χ2n) is 5.62. The summed E-state index contributed by atoms with van der Waals surface area (Å²) in [6.45, 7) is 0.690. The molecule has 0 saturated carbocycles. The summed E-state index contributed by atoms with van der Waals surface area (Å²) in [5.74, 6) is -2.42. The molecule has 7 heteroatoms. The number of likely N-dealkylation sites (tertiary alicyclic amines) is 1. The van der Waals surface area contributed by atoms with Crippen molar-refractivity contribution in [3.8, 4) is 0 Å². The van der Waals surface area contributed by atoms with Gasteiger partial charge < -0.3 is 20.6 Å². The van der Waals surface area contributed by atoms with E-state index in [4.69, 9.17) is 5.73 Å². The zero-order valence-corrected chi connectivity index (χ0v) is 12.0. The van der Waals surface area contributed by atoms with Gasteiger partial charge in [-0.2, -0.15) is 0 Å². The normalized spacial score (nSPS) is 22.1. The Hall–Kier alpha value is -1.73. The number of nitrogens with zero attached hydrogens (tertiary/aromatic N) is 2. The average Bonchev–Trinajstić information content (AvgIpc) is 2.73. The molecule has 3 N–H and O–H groups in total. The van der Waals surface area contributed by atoms with Crippen LogP contribution in [0.1, 0.15) is 16.8 Å². The van der Waals surface area contributed by atoms with Gasteiger partial charge in [0.25, 0.3) is 5.91 Å². The van der Waals surface area contributed by atoms with Gasteiger partial charge in [0.05, 0.1) is 17.4 Å². The molecular formula is C14H19F2N3O2. The van der Waals surface area contributed by atoms with Gasteiger partial charge in [0.2, 0.25) is 0 Å². The molecule has 1 aromatic carbocycles. The highest BCUT2D eigenvalue weighted by Crippen LogP contribution is 2.24. The van der Waals surface area contributed by atoms with Crippen molar-refractivity contribution in [1.29, 1.82) is 0 Å². The number of anilines is 1. The molecular weight excluding hydrogens is 280 g/mol. The lowest BCUT2D eigenvalue weighted by Gasteiger charge is -2.27. The molecule has 0 radical (unpaired) electrons. The van der Waals surface area contributed by atoms with Crippen LogP contribution >= 0.6 is 0 Å². The van der Waals surface area contributed by atoms with E-state index in [9.17, 15) is 18.7 Å². The lowest BCUT2D eigenvalue weighted by Crippen LogP contribution is -2.41. The van der Waals surface area contributed by atoms with Gasteiger partial charge in [0, 0.05) is 25.2 Å². The second-order valence-corrected chi connectivity index (χ2v) is 5.62. The SMILES string of the molecule is CN(C)CC1CC(O)CN1C(=O)c1cc(N)c(F)cc1F. The fourth-order valence-electron chi connectivity index (χ4n) is 2.62. The van der Waals surface area contributed by atoms with Crippen LogP contribution < -0.4 is 5.73 Å². The summed E-state index contributed by atoms with van der Waals surface area (Å²) in [5, 5.41) is 9.76. The van der Waals surface area contributed by atoms with Crippen molar-refractivity contribution in [2.75, 3.05) is 32.9 Å². The van der Waals surface area contributed by atoms with E-state index >= 15 is 0 Å². The van der Waals surface area contributed by atoms with Crippen molar-refractivity contribution < 1.29 is 18.7 Å². The quantitative estimate of drug-likeness (QED) is 0.806. The summed E-state index contributed by atoms with van der Waals surface area (Å²) in [7, 11) is 3.70. The minimum absolute atomic E-state index is 0.133. The summed E-state index contributed by atoms with van der Waals surface area (Å²) in [5.41, 5.74) is 4.85. The Morgan fingerprint density at radius 3 is 2.71 bits per heavy atom. The van der Waals surface area contributed by atoms with E-state index in [-0.39, 0.29) is 23.8 Å². The average molecular weight is 299 g/mol. The van der Waals surface area contributed by atoms with Crippen molar-refractivity contribution >= 4 is 11.6 Å². The molecule has 5 nitrogen and oxygen atoms in total. The first kappa shape index (κ1) is 15.7. The number of carbonyl (C=O) groups is 1. The Morgan fingerprint density at radius 2 is 2.10 bits per heavy atom. The number of aliphatic hydroxyl groups is 1. The number of amides is 1. The number of halogens is 2. The first-order valence-electron chi connectivity index (χ1n) is 6.68. The molecule has 1 saturated heterocycles. The predicted octanol–water partition coefficient (Wildman–Crippen LogP) is 0.684. The fourth-order valence-corrected chi connectivity index (χ4v) is 2.62. The highest BCUT2D eigenvalue weighted by molar-refractivity contribution is 5.95. The molecule has 1 aliphatic rings. The largest absolute Gasteiger partial charge is 0.396 e. The molecule has 0 aromatic heterocycles. The number of nitrogen functional groups attached to an aromatic ring is 1. The number of rotatable bonds is 3. The number of hydrogen-bond donors (Lipinski definition) is 2. The number of carbonyl (C=O) groups excluding carboxylic acids is 1. The first-order chi connectivity index (χ1) is 9.79. The third kappa shape index (κ3) is 3.30. The maximum absolute atomic E-state index is 13.8. The fraction of sp³-hybridized carbons (Fsp3) is 0.500. The minimum Gasteiger partial charge on any atom is -0.396 e. The van der Waals surface area contributed by atoms with Crippen molar-refractivity contribution in [2.24, 2.45) is 0 Å². The number of aliphatic hydroxyl groups excluding tert-OH is 1. The van der Waals surface area contributed by atoms with E-state index in [0.717, 1.165) is 6.07 Å². The van der Waals surface area contributed by atoms with Crippen LogP contribution in [0.3, 0.4) is 0 Å². The standard InChI is InChI=1S/C14H19F2N3O2/c1-18(2)6-8-3-9(20)7-19(8)14(21)10-4-13(17)12(16)5-11(10)15/h4-5,8-9,20H,3,6-7,17H2,1-2H3. The Bertz CT molecular complexity index is 551. The van der Waals surface area contributed by atoms with Gasteiger partial charge in [-0.1, -0.05) is 0 Å². The summed E-state index contributed by atoms with van der Waals surface area (Å²) in [6, 6.07) is 1.40. The summed E-state index contributed by atoms with van der Waals surface area (Å²) < 4.78 is 27.0. The van der Waals surface area contributed by atoms with E-state index in [1.54, 1.807) is 0 Å². The van der Waals surface area contributed by atoms with E-state index in [1.165, 1.54) is 4.90 Å². The topological polar surface area (TPSA) is 69.8 Å². The van der Waals surface area contributed by atoms with Gasteiger partial charge in [-0.25, -0.2) is 8.78 Å². The Morgan fingerprint density at radius 1 is 1.43 bits per heavy atom. The van der Waals surface area contributed by atoms with Crippen molar-refractivity contribution in [1.82, 2.24) is 9.80 Å². The van der Waals surface area contributed by atoms with Crippen molar-refractivity contribution in [2.45, 2.75) is 18.6 Å². The molecule has 0 bridgehead atoms. The molecule has 2 atom stereocenters. The molecule has 2 unspecified atom stereocenters. The highest BCUT2D eigenvalue weighted by atomic mass is 19.1. The van der Waals surface area contributed by atoms with Crippen molar-refractivity contribution in [3.05, 3.63) is 29.3 Å². The predicted molar refractivity (Wildman–Crippen MR) is 74.8 cm³/mol. The van der Waals surface area contributed by atoms with Gasteiger partial charge in [0.15, 0.2) is 0 Å². The van der Waals surface area contributed by atoms with Gasteiger partial charge in [0.1, 0.15) is 11.6 Å². The summed E-state index contributed by atoms with van der Waals surface area (Å²) >= 11 is 0. The molecule has 0 spiro atoms. The van der Waals surface area contributed by atoms with Crippen LogP contribution in [-0.2, 0) is 0 Å². The molecule has 1 fully saturated rings. The zero-order chi connectivity index (χ0) is 15.7. The van der Waals surface area contributed by atoms with Crippen LogP contribution in [0, 0.1) is 11.6 Å². The van der Waals surface area contributed by atoms with Gasteiger partial charge in [-0.05, 0) is 26.6 Å². The van der Waals surface area contributed by atoms with Crippen molar-refractivity contribution in [3.63, 3.8) is 0 Å². The lowest BCUT2D eigenvalue weighted by atomic mass is 10.1. The van der Waals surface area contributed by atoms with Crippen LogP contribution in [0.25, 0.3) is 0 Å². The van der Waals surface area contributed by atoms with Crippen LogP contribution in [-0.4, -0.2) is 60.1 Å².